The van der Waals surface area contributed by atoms with Gasteiger partial charge in [-0.15, -0.1) is 0 Å². The molecule has 0 spiro atoms. The van der Waals surface area contributed by atoms with E-state index >= 15 is 0 Å². The summed E-state index contributed by atoms with van der Waals surface area (Å²) < 4.78 is 20.5. The van der Waals surface area contributed by atoms with Gasteiger partial charge in [-0.1, -0.05) is 29.8 Å². The minimum Gasteiger partial charge on any atom is -0.494 e. The highest BCUT2D eigenvalue weighted by Crippen LogP contribution is 2.25. The van der Waals surface area contributed by atoms with E-state index in [1.807, 2.05) is 42.3 Å². The second-order valence-electron chi connectivity index (χ2n) is 5.69. The molecular formula is C18H18ClFN4O. The van der Waals surface area contributed by atoms with Crippen molar-refractivity contribution < 1.29 is 9.13 Å². The van der Waals surface area contributed by atoms with Crippen molar-refractivity contribution in [3.8, 4) is 17.1 Å². The molecule has 0 fully saturated rings. The Morgan fingerprint density at radius 3 is 2.76 bits per heavy atom. The lowest BCUT2D eigenvalue weighted by Gasteiger charge is -2.18. The lowest BCUT2D eigenvalue weighted by molar-refractivity contribution is 0.247. The van der Waals surface area contributed by atoms with E-state index in [-0.39, 0.29) is 11.6 Å². The highest BCUT2D eigenvalue weighted by Gasteiger charge is 2.13. The largest absolute Gasteiger partial charge is 0.494 e. The monoisotopic (exact) mass is 360 g/mol. The predicted octanol–water partition coefficient (Wildman–Crippen LogP) is 3.84. The van der Waals surface area contributed by atoms with Gasteiger partial charge in [0.2, 0.25) is 0 Å². The second kappa shape index (κ2) is 7.63. The van der Waals surface area contributed by atoms with Gasteiger partial charge in [-0.25, -0.2) is 14.1 Å². The van der Waals surface area contributed by atoms with Crippen LogP contribution in [0.1, 0.15) is 5.56 Å². The number of aromatic nitrogens is 3. The van der Waals surface area contributed by atoms with E-state index in [1.165, 1.54) is 19.5 Å². The molecule has 7 heteroatoms. The lowest BCUT2D eigenvalue weighted by Crippen LogP contribution is -2.23. The van der Waals surface area contributed by atoms with Crippen LogP contribution in [0.15, 0.2) is 48.8 Å². The Morgan fingerprint density at radius 1 is 1.24 bits per heavy atom. The molecule has 1 aromatic heterocycles. The van der Waals surface area contributed by atoms with Gasteiger partial charge in [0, 0.05) is 12.1 Å². The first-order valence-electron chi connectivity index (χ1n) is 7.72. The Kier molecular flexibility index (Phi) is 5.31. The van der Waals surface area contributed by atoms with Crippen molar-refractivity contribution in [3.05, 3.63) is 65.2 Å². The van der Waals surface area contributed by atoms with Gasteiger partial charge in [0.05, 0.1) is 18.8 Å². The van der Waals surface area contributed by atoms with Crippen LogP contribution in [0.4, 0.5) is 4.39 Å². The van der Waals surface area contributed by atoms with Crippen molar-refractivity contribution in [1.82, 2.24) is 19.7 Å². The van der Waals surface area contributed by atoms with Crippen molar-refractivity contribution >= 4 is 11.6 Å². The molecule has 0 aliphatic heterocycles. The highest BCUT2D eigenvalue weighted by molar-refractivity contribution is 6.33. The summed E-state index contributed by atoms with van der Waals surface area (Å²) in [6, 6.07) is 12.5. The Hall–Kier alpha value is -2.44. The Bertz CT molecular complexity index is 868. The standard InChI is InChI=1S/C18H18ClFN4O/c1-23(10-13-7-8-17(25-2)16(20)9-13)12-24-18(21-11-22-24)14-5-3-4-6-15(14)19/h3-9,11H,10,12H2,1-2H3. The maximum atomic E-state index is 13.8. The summed E-state index contributed by atoms with van der Waals surface area (Å²) in [7, 11) is 3.38. The fourth-order valence-corrected chi connectivity index (χ4v) is 2.84. The molecule has 0 atom stereocenters. The van der Waals surface area contributed by atoms with Gasteiger partial charge >= 0.3 is 0 Å². The molecule has 3 rings (SSSR count). The van der Waals surface area contributed by atoms with Crippen LogP contribution in [0.2, 0.25) is 5.02 Å². The van der Waals surface area contributed by atoms with Gasteiger partial charge < -0.3 is 4.74 Å². The molecular weight excluding hydrogens is 343 g/mol. The number of methoxy groups -OCH3 is 1. The summed E-state index contributed by atoms with van der Waals surface area (Å²) in [5.74, 6) is 0.563. The van der Waals surface area contributed by atoms with Gasteiger partial charge in [-0.05, 0) is 36.9 Å². The van der Waals surface area contributed by atoms with Crippen LogP contribution >= 0.6 is 11.6 Å². The number of ether oxygens (including phenoxy) is 1. The van der Waals surface area contributed by atoms with E-state index in [0.29, 0.717) is 24.1 Å². The molecule has 0 saturated carbocycles. The quantitative estimate of drug-likeness (QED) is 0.670. The molecule has 2 aromatic carbocycles. The van der Waals surface area contributed by atoms with Gasteiger partial charge in [0.15, 0.2) is 17.4 Å². The summed E-state index contributed by atoms with van der Waals surface area (Å²) in [6.07, 6.45) is 1.50. The van der Waals surface area contributed by atoms with Crippen molar-refractivity contribution in [2.75, 3.05) is 14.2 Å². The van der Waals surface area contributed by atoms with E-state index in [2.05, 4.69) is 10.1 Å². The number of benzene rings is 2. The second-order valence-corrected chi connectivity index (χ2v) is 6.09. The summed E-state index contributed by atoms with van der Waals surface area (Å²) in [4.78, 5) is 6.32. The average molecular weight is 361 g/mol. The lowest BCUT2D eigenvalue weighted by atomic mass is 10.2. The summed E-state index contributed by atoms with van der Waals surface area (Å²) in [6.45, 7) is 1.05. The minimum atomic E-state index is -0.370. The van der Waals surface area contributed by atoms with Crippen LogP contribution in [0.5, 0.6) is 5.75 Å². The van der Waals surface area contributed by atoms with E-state index in [4.69, 9.17) is 16.3 Å². The molecule has 0 amide bonds. The zero-order valence-corrected chi connectivity index (χ0v) is 14.7. The molecule has 0 bridgehead atoms. The van der Waals surface area contributed by atoms with Gasteiger partial charge in [0.25, 0.3) is 0 Å². The topological polar surface area (TPSA) is 43.2 Å². The Labute approximate surface area is 150 Å². The van der Waals surface area contributed by atoms with Crippen LogP contribution in [0, 0.1) is 5.82 Å². The normalized spacial score (nSPS) is 11.1. The van der Waals surface area contributed by atoms with Gasteiger partial charge in [-0.2, -0.15) is 5.10 Å². The summed E-state index contributed by atoms with van der Waals surface area (Å²) in [5, 5.41) is 4.89. The zero-order chi connectivity index (χ0) is 17.8. The third-order valence-corrected chi connectivity index (χ3v) is 4.10. The van der Waals surface area contributed by atoms with E-state index in [1.54, 1.807) is 10.7 Å². The van der Waals surface area contributed by atoms with Gasteiger partial charge in [0.1, 0.15) is 6.33 Å². The Morgan fingerprint density at radius 2 is 2.04 bits per heavy atom. The zero-order valence-electron chi connectivity index (χ0n) is 14.0. The minimum absolute atomic E-state index is 0.240. The molecule has 0 aliphatic rings. The summed E-state index contributed by atoms with van der Waals surface area (Å²) >= 11 is 6.25. The van der Waals surface area contributed by atoms with Crippen LogP contribution in [0.3, 0.4) is 0 Å². The molecule has 130 valence electrons. The molecule has 3 aromatic rings. The number of rotatable bonds is 6. The summed E-state index contributed by atoms with van der Waals surface area (Å²) in [5.41, 5.74) is 1.67. The molecule has 5 nitrogen and oxygen atoms in total. The highest BCUT2D eigenvalue weighted by atomic mass is 35.5. The smallest absolute Gasteiger partial charge is 0.165 e. The van der Waals surface area contributed by atoms with Crippen LogP contribution in [0.25, 0.3) is 11.4 Å². The molecule has 0 N–H and O–H groups in total. The molecule has 0 saturated heterocycles. The Balaban J connectivity index is 1.74. The van der Waals surface area contributed by atoms with Gasteiger partial charge in [-0.3, -0.25) is 4.90 Å². The van der Waals surface area contributed by atoms with Crippen molar-refractivity contribution in [2.24, 2.45) is 0 Å². The van der Waals surface area contributed by atoms with Crippen LogP contribution < -0.4 is 4.74 Å². The first-order valence-corrected chi connectivity index (χ1v) is 8.10. The molecule has 1 heterocycles. The third kappa shape index (κ3) is 3.97. The number of nitrogens with zero attached hydrogens (tertiary/aromatic N) is 4. The molecule has 0 radical (unpaired) electrons. The maximum Gasteiger partial charge on any atom is 0.165 e. The van der Waals surface area contributed by atoms with E-state index in [9.17, 15) is 4.39 Å². The first kappa shape index (κ1) is 17.4. The van der Waals surface area contributed by atoms with Crippen LogP contribution in [-0.4, -0.2) is 33.8 Å². The fraction of sp³-hybridized carbons (Fsp3) is 0.222. The molecule has 25 heavy (non-hydrogen) atoms. The van der Waals surface area contributed by atoms with Crippen molar-refractivity contribution in [3.63, 3.8) is 0 Å². The molecule has 0 unspecified atom stereocenters. The van der Waals surface area contributed by atoms with E-state index < -0.39 is 0 Å². The molecule has 0 aliphatic carbocycles. The fourth-order valence-electron chi connectivity index (χ4n) is 2.62. The average Bonchev–Trinajstić information content (AvgIpc) is 3.03. The number of hydrogen-bond donors (Lipinski definition) is 0. The van der Waals surface area contributed by atoms with Crippen molar-refractivity contribution in [2.45, 2.75) is 13.2 Å². The van der Waals surface area contributed by atoms with E-state index in [0.717, 1.165) is 11.1 Å². The van der Waals surface area contributed by atoms with Crippen molar-refractivity contribution in [1.29, 1.82) is 0 Å². The third-order valence-electron chi connectivity index (χ3n) is 3.77. The maximum absolute atomic E-state index is 13.8. The van der Waals surface area contributed by atoms with Crippen LogP contribution in [-0.2, 0) is 13.2 Å². The first-order chi connectivity index (χ1) is 12.1. The SMILES string of the molecule is COc1ccc(CN(C)Cn2ncnc2-c2ccccc2Cl)cc1F. The number of hydrogen-bond acceptors (Lipinski definition) is 4. The predicted molar refractivity (Wildman–Crippen MR) is 94.9 cm³/mol. The number of halogens is 2.